The first-order valence-electron chi connectivity index (χ1n) is 5.94. The lowest BCUT2D eigenvalue weighted by Crippen LogP contribution is -2.31. The minimum Gasteiger partial charge on any atom is -0.357 e. The fraction of sp³-hybridized carbons (Fsp3) is 0.333. The summed E-state index contributed by atoms with van der Waals surface area (Å²) in [6, 6.07) is 5.36. The van der Waals surface area contributed by atoms with Gasteiger partial charge in [-0.15, -0.1) is 0 Å². The van der Waals surface area contributed by atoms with Crippen molar-refractivity contribution >= 4 is 21.8 Å². The Hall–Kier alpha value is -1.97. The molecule has 0 spiro atoms. The fourth-order valence-corrected chi connectivity index (χ4v) is 2.19. The van der Waals surface area contributed by atoms with E-state index in [4.69, 9.17) is 4.84 Å². The molecule has 8 nitrogen and oxygen atoms in total. The number of rotatable bonds is 6. The molecular weight excluding hydrogens is 298 g/mol. The lowest BCUT2D eigenvalue weighted by Gasteiger charge is -2.11. The number of carbonyl (C=O) groups is 2. The lowest BCUT2D eigenvalue weighted by molar-refractivity contribution is -0.126. The summed E-state index contributed by atoms with van der Waals surface area (Å²) in [6.07, 6.45) is 0. The van der Waals surface area contributed by atoms with Crippen LogP contribution in [-0.2, 0) is 19.7 Å². The molecule has 0 atom stereocenters. The third kappa shape index (κ3) is 4.52. The Morgan fingerprint density at radius 2 is 1.76 bits per heavy atom. The van der Waals surface area contributed by atoms with Gasteiger partial charge < -0.3 is 5.32 Å². The van der Waals surface area contributed by atoms with Crippen molar-refractivity contribution in [3.8, 4) is 0 Å². The zero-order valence-corrected chi connectivity index (χ0v) is 12.7. The topological polar surface area (TPSA) is 105 Å². The summed E-state index contributed by atoms with van der Waals surface area (Å²) in [7, 11) is 0.747. The SMILES string of the molecule is CNC(=O)CONC(=O)c1ccc(S(=O)(=O)N(C)C)cc1. The van der Waals surface area contributed by atoms with Crippen molar-refractivity contribution in [3.05, 3.63) is 29.8 Å². The van der Waals surface area contributed by atoms with Gasteiger partial charge in [0.05, 0.1) is 4.90 Å². The summed E-state index contributed by atoms with van der Waals surface area (Å²) in [4.78, 5) is 27.4. The van der Waals surface area contributed by atoms with Gasteiger partial charge in [-0.3, -0.25) is 14.4 Å². The van der Waals surface area contributed by atoms with Crippen molar-refractivity contribution < 1.29 is 22.8 Å². The Labute approximate surface area is 123 Å². The molecule has 1 aromatic carbocycles. The molecular formula is C12H17N3O5S. The first-order chi connectivity index (χ1) is 9.78. The van der Waals surface area contributed by atoms with Crippen molar-refractivity contribution in [1.29, 1.82) is 0 Å². The second-order valence-electron chi connectivity index (χ2n) is 4.20. The second-order valence-corrected chi connectivity index (χ2v) is 6.36. The van der Waals surface area contributed by atoms with Crippen molar-refractivity contribution in [2.45, 2.75) is 4.90 Å². The van der Waals surface area contributed by atoms with Crippen LogP contribution >= 0.6 is 0 Å². The summed E-state index contributed by atoms with van der Waals surface area (Å²) in [5.74, 6) is -0.963. The number of amides is 2. The smallest absolute Gasteiger partial charge is 0.274 e. The van der Waals surface area contributed by atoms with Crippen molar-refractivity contribution in [1.82, 2.24) is 15.1 Å². The molecule has 0 aliphatic heterocycles. The zero-order chi connectivity index (χ0) is 16.0. The summed E-state index contributed by atoms with van der Waals surface area (Å²) < 4.78 is 24.8. The number of benzene rings is 1. The van der Waals surface area contributed by atoms with Gasteiger partial charge in [-0.05, 0) is 24.3 Å². The molecule has 0 radical (unpaired) electrons. The molecule has 0 unspecified atom stereocenters. The molecule has 1 rings (SSSR count). The average molecular weight is 315 g/mol. The van der Waals surface area contributed by atoms with Crippen LogP contribution in [0.1, 0.15) is 10.4 Å². The maximum Gasteiger partial charge on any atom is 0.274 e. The molecule has 0 saturated carbocycles. The number of nitrogens with one attached hydrogen (secondary N) is 2. The largest absolute Gasteiger partial charge is 0.357 e. The van der Waals surface area contributed by atoms with Crippen LogP contribution in [0.5, 0.6) is 0 Å². The molecule has 0 fully saturated rings. The predicted molar refractivity (Wildman–Crippen MR) is 74.8 cm³/mol. The van der Waals surface area contributed by atoms with E-state index in [2.05, 4.69) is 10.8 Å². The van der Waals surface area contributed by atoms with Crippen LogP contribution in [0, 0.1) is 0 Å². The van der Waals surface area contributed by atoms with Gasteiger partial charge in [0.2, 0.25) is 15.9 Å². The number of hydrogen-bond acceptors (Lipinski definition) is 5. The highest BCUT2D eigenvalue weighted by molar-refractivity contribution is 7.89. The molecule has 0 aromatic heterocycles. The highest BCUT2D eigenvalue weighted by atomic mass is 32.2. The molecule has 0 saturated heterocycles. The Bertz CT molecular complexity index is 610. The fourth-order valence-electron chi connectivity index (χ4n) is 1.29. The standard InChI is InChI=1S/C12H17N3O5S/c1-13-11(16)8-20-14-12(17)9-4-6-10(7-5-9)21(18,19)15(2)3/h4-7H,8H2,1-3H3,(H,13,16)(H,14,17). The predicted octanol–water partition coefficient (Wildman–Crippen LogP) is -0.656. The van der Waals surface area contributed by atoms with Gasteiger partial charge in [0, 0.05) is 26.7 Å². The van der Waals surface area contributed by atoms with Crippen LogP contribution < -0.4 is 10.8 Å². The van der Waals surface area contributed by atoms with Gasteiger partial charge in [0.15, 0.2) is 6.61 Å². The number of hydrogen-bond donors (Lipinski definition) is 2. The van der Waals surface area contributed by atoms with Crippen molar-refractivity contribution in [3.63, 3.8) is 0 Å². The Balaban J connectivity index is 2.70. The molecule has 0 heterocycles. The third-order valence-electron chi connectivity index (χ3n) is 2.54. The monoisotopic (exact) mass is 315 g/mol. The average Bonchev–Trinajstić information content (AvgIpc) is 2.46. The number of likely N-dealkylation sites (N-methyl/N-ethyl adjacent to an activating group) is 1. The molecule has 1 aromatic rings. The van der Waals surface area contributed by atoms with E-state index in [1.165, 1.54) is 45.4 Å². The van der Waals surface area contributed by atoms with Crippen molar-refractivity contribution in [2.24, 2.45) is 0 Å². The van der Waals surface area contributed by atoms with E-state index < -0.39 is 15.9 Å². The first-order valence-corrected chi connectivity index (χ1v) is 7.38. The van der Waals surface area contributed by atoms with E-state index in [9.17, 15) is 18.0 Å². The number of sulfonamides is 1. The first kappa shape index (κ1) is 17.1. The maximum absolute atomic E-state index is 11.8. The van der Waals surface area contributed by atoms with Gasteiger partial charge >= 0.3 is 0 Å². The Morgan fingerprint density at radius 3 is 2.24 bits per heavy atom. The minimum atomic E-state index is -3.53. The molecule has 0 bridgehead atoms. The van der Waals surface area contributed by atoms with Gasteiger partial charge in [0.25, 0.3) is 5.91 Å². The third-order valence-corrected chi connectivity index (χ3v) is 4.37. The minimum absolute atomic E-state index is 0.0790. The molecule has 21 heavy (non-hydrogen) atoms. The highest BCUT2D eigenvalue weighted by Gasteiger charge is 2.17. The molecule has 2 amide bonds. The van der Waals surface area contributed by atoms with Gasteiger partial charge in [-0.1, -0.05) is 0 Å². The van der Waals surface area contributed by atoms with Crippen LogP contribution in [0.4, 0.5) is 0 Å². The summed E-state index contributed by atoms with van der Waals surface area (Å²) in [6.45, 7) is -0.310. The zero-order valence-electron chi connectivity index (χ0n) is 11.9. The number of hydroxylamine groups is 1. The quantitative estimate of drug-likeness (QED) is 0.678. The normalized spacial score (nSPS) is 11.2. The number of nitrogens with zero attached hydrogens (tertiary/aromatic N) is 1. The van der Waals surface area contributed by atoms with Crippen LogP contribution in [-0.4, -0.2) is 52.3 Å². The maximum atomic E-state index is 11.8. The van der Waals surface area contributed by atoms with Crippen molar-refractivity contribution in [2.75, 3.05) is 27.7 Å². The molecule has 0 aliphatic rings. The van der Waals surface area contributed by atoms with Crippen LogP contribution in [0.25, 0.3) is 0 Å². The number of carbonyl (C=O) groups excluding carboxylic acids is 2. The van der Waals surface area contributed by atoms with Crippen LogP contribution in [0.2, 0.25) is 0 Å². The molecule has 116 valence electrons. The Kier molecular flexibility index (Phi) is 5.82. The Morgan fingerprint density at radius 1 is 1.19 bits per heavy atom. The van der Waals surface area contributed by atoms with E-state index in [1.54, 1.807) is 0 Å². The van der Waals surface area contributed by atoms with Crippen LogP contribution in [0.15, 0.2) is 29.2 Å². The molecule has 2 N–H and O–H groups in total. The van der Waals surface area contributed by atoms with Crippen LogP contribution in [0.3, 0.4) is 0 Å². The highest BCUT2D eigenvalue weighted by Crippen LogP contribution is 2.13. The lowest BCUT2D eigenvalue weighted by atomic mass is 10.2. The van der Waals surface area contributed by atoms with E-state index in [-0.39, 0.29) is 23.0 Å². The second kappa shape index (κ2) is 7.16. The summed E-state index contributed by atoms with van der Waals surface area (Å²) >= 11 is 0. The summed E-state index contributed by atoms with van der Waals surface area (Å²) in [5, 5.41) is 2.33. The molecule has 0 aliphatic carbocycles. The van der Waals surface area contributed by atoms with E-state index in [0.717, 1.165) is 4.31 Å². The molecule has 9 heteroatoms. The van der Waals surface area contributed by atoms with E-state index in [0.29, 0.717) is 0 Å². The van der Waals surface area contributed by atoms with E-state index in [1.807, 2.05) is 0 Å². The van der Waals surface area contributed by atoms with Gasteiger partial charge in [-0.25, -0.2) is 18.2 Å². The van der Waals surface area contributed by atoms with Gasteiger partial charge in [0.1, 0.15) is 0 Å². The summed E-state index contributed by atoms with van der Waals surface area (Å²) in [5.41, 5.74) is 2.30. The van der Waals surface area contributed by atoms with Gasteiger partial charge in [-0.2, -0.15) is 0 Å². The van der Waals surface area contributed by atoms with E-state index >= 15 is 0 Å².